The number of carboxylic acids is 2. The summed E-state index contributed by atoms with van der Waals surface area (Å²) in [5.74, 6) is -2.05. The summed E-state index contributed by atoms with van der Waals surface area (Å²) in [5, 5.41) is 26.4. The Balaban J connectivity index is 0.00000324. The van der Waals surface area contributed by atoms with Crippen molar-refractivity contribution in [1.82, 2.24) is 39.9 Å². The molecule has 0 saturated carbocycles. The number of fused-ring (bicyclic) bond motifs is 20. The van der Waals surface area contributed by atoms with Crippen LogP contribution in [0.15, 0.2) is 84.9 Å². The molecule has 7 aromatic rings. The van der Waals surface area contributed by atoms with Gasteiger partial charge in [0.15, 0.2) is 23.3 Å². The molecule has 5 heterocycles. The van der Waals surface area contributed by atoms with E-state index in [9.17, 15) is 19.8 Å². The van der Waals surface area contributed by atoms with Gasteiger partial charge in [-0.15, -0.1) is 0 Å². The molecule has 0 unspecified atom stereocenters. The fourth-order valence-electron chi connectivity index (χ4n) is 6.11. The second kappa shape index (κ2) is 10.4. The van der Waals surface area contributed by atoms with Crippen LogP contribution in [0.4, 0.5) is 0 Å². The van der Waals surface area contributed by atoms with Gasteiger partial charge >= 0.3 is 16.8 Å². The number of H-pyrrole nitrogens is 2. The number of aromatic amines is 2. The van der Waals surface area contributed by atoms with Gasteiger partial charge in [-0.2, -0.15) is 0 Å². The van der Waals surface area contributed by atoms with Gasteiger partial charge in [0.25, 0.3) is 0 Å². The molecule has 12 nitrogen and oxygen atoms in total. The Morgan fingerprint density at radius 2 is 0.872 bits per heavy atom. The first-order chi connectivity index (χ1) is 22.4. The minimum absolute atomic E-state index is 0. The van der Waals surface area contributed by atoms with Gasteiger partial charge in [-0.3, -0.25) is 0 Å². The summed E-state index contributed by atoms with van der Waals surface area (Å²) in [6, 6.07) is 25.2. The minimum Gasteiger partial charge on any atom is -0.545 e. The third kappa shape index (κ3) is 4.21. The van der Waals surface area contributed by atoms with Crippen molar-refractivity contribution in [2.45, 2.75) is 0 Å². The van der Waals surface area contributed by atoms with Crippen LogP contribution >= 0.6 is 0 Å². The molecule has 9 rings (SSSR count). The molecule has 4 aromatic carbocycles. The molecule has 3 aromatic heterocycles. The van der Waals surface area contributed by atoms with E-state index in [1.165, 1.54) is 6.07 Å². The van der Waals surface area contributed by atoms with E-state index in [1.54, 1.807) is 0 Å². The quantitative estimate of drug-likeness (QED) is 0.277. The van der Waals surface area contributed by atoms with Gasteiger partial charge in [-0.05, 0) is 6.07 Å². The molecule has 47 heavy (non-hydrogen) atoms. The first kappa shape index (κ1) is 28.2. The maximum absolute atomic E-state index is 12.5. The van der Waals surface area contributed by atoms with Gasteiger partial charge in [0, 0.05) is 54.9 Å². The van der Waals surface area contributed by atoms with Gasteiger partial charge in [0.2, 0.25) is 0 Å². The van der Waals surface area contributed by atoms with Crippen molar-refractivity contribution < 1.29 is 36.6 Å². The molecule has 225 valence electrons. The number of rotatable bonds is 2. The maximum Gasteiger partial charge on any atom is 2.00 e. The summed E-state index contributed by atoms with van der Waals surface area (Å²) in [6.45, 7) is 0. The number of nitrogens with zero attached hydrogens (tertiary/aromatic N) is 6. The predicted molar refractivity (Wildman–Crippen MR) is 165 cm³/mol. The zero-order chi connectivity index (χ0) is 31.1. The Bertz CT molecular complexity index is 2680. The van der Waals surface area contributed by atoms with Crippen LogP contribution in [0, 0.1) is 0 Å². The summed E-state index contributed by atoms with van der Waals surface area (Å²) in [4.78, 5) is 59.8. The first-order valence-electron chi connectivity index (χ1n) is 14.1. The minimum atomic E-state index is -1.71. The number of aromatic nitrogens is 8. The summed E-state index contributed by atoms with van der Waals surface area (Å²) in [7, 11) is 0. The van der Waals surface area contributed by atoms with E-state index in [4.69, 9.17) is 29.9 Å². The van der Waals surface area contributed by atoms with Crippen LogP contribution in [0.25, 0.3) is 89.7 Å². The van der Waals surface area contributed by atoms with Gasteiger partial charge in [0.1, 0.15) is 22.6 Å². The molecule has 1 radical (unpaired) electrons. The zero-order valence-corrected chi connectivity index (χ0v) is 24.8. The fraction of sp³-hybridized carbons (Fsp3) is 0. The number of hydrogen-bond acceptors (Lipinski definition) is 10. The molecule has 0 amide bonds. The predicted octanol–water partition coefficient (Wildman–Crippen LogP) is 3.59. The van der Waals surface area contributed by atoms with E-state index in [0.717, 1.165) is 22.4 Å². The van der Waals surface area contributed by atoms with Gasteiger partial charge in [-0.25, -0.2) is 29.9 Å². The molecule has 0 spiro atoms. The molecule has 2 aliphatic heterocycles. The Hall–Kier alpha value is -6.31. The molecular formula is C34H16CoN8O4. The zero-order valence-electron chi connectivity index (χ0n) is 23.7. The monoisotopic (exact) mass is 659 g/mol. The number of carbonyl (C=O) groups excluding carboxylic acids is 2. The third-order valence-corrected chi connectivity index (χ3v) is 8.14. The van der Waals surface area contributed by atoms with Crippen LogP contribution in [0.3, 0.4) is 0 Å². The van der Waals surface area contributed by atoms with Crippen LogP contribution in [0.1, 0.15) is 20.7 Å². The Labute approximate surface area is 273 Å². The molecular weight excluding hydrogens is 643 g/mol. The number of hydrogen-bond donors (Lipinski definition) is 2. The Morgan fingerprint density at radius 3 is 1.32 bits per heavy atom. The van der Waals surface area contributed by atoms with Crippen molar-refractivity contribution in [3.8, 4) is 45.6 Å². The summed E-state index contributed by atoms with van der Waals surface area (Å²) >= 11 is 0. The van der Waals surface area contributed by atoms with E-state index in [-0.39, 0.29) is 44.7 Å². The molecule has 8 bridgehead atoms. The summed E-state index contributed by atoms with van der Waals surface area (Å²) in [6.07, 6.45) is 0. The average Bonchev–Trinajstić information content (AvgIpc) is 3.80. The molecule has 0 fully saturated rings. The third-order valence-electron chi connectivity index (χ3n) is 8.14. The molecule has 2 aliphatic rings. The van der Waals surface area contributed by atoms with Gasteiger partial charge in [0.05, 0.1) is 11.9 Å². The van der Waals surface area contributed by atoms with E-state index >= 15 is 0 Å². The molecule has 2 N–H and O–H groups in total. The maximum atomic E-state index is 12.5. The first-order valence-corrected chi connectivity index (χ1v) is 14.1. The van der Waals surface area contributed by atoms with E-state index in [1.807, 2.05) is 72.8 Å². The summed E-state index contributed by atoms with van der Waals surface area (Å²) < 4.78 is 0. The van der Waals surface area contributed by atoms with Crippen molar-refractivity contribution >= 4 is 56.1 Å². The van der Waals surface area contributed by atoms with Crippen molar-refractivity contribution in [3.05, 3.63) is 96.1 Å². The van der Waals surface area contributed by atoms with Crippen molar-refractivity contribution in [2.75, 3.05) is 0 Å². The number of aromatic carboxylic acids is 2. The van der Waals surface area contributed by atoms with Gasteiger partial charge < -0.3 is 29.8 Å². The summed E-state index contributed by atoms with van der Waals surface area (Å²) in [5.41, 5.74) is 2.96. The molecule has 0 saturated heterocycles. The number of carboxylic acid groups (broad SMARTS) is 2. The molecule has 0 aliphatic carbocycles. The normalized spacial score (nSPS) is 11.6. The standard InChI is InChI=1S/C34H18N8O4.Co/c43-33(44)22-14-13-21-23(24(22)34(45)46)32-41-30-20-12-6-5-11-19(20)28(39-30)37-26-16-8-2-1-7-15(16)25(35-26)36-27-17-9-3-4-10-18(17)29(38-27)40-31(21)42-32;/h1-14H,(H,43,44)(H,45,46)(H2,35,36,37,38,39,40,41,42);/q;+2/p-2. The topological polar surface area (TPSA) is 189 Å². The van der Waals surface area contributed by atoms with Crippen LogP contribution in [-0.4, -0.2) is 51.8 Å². The smallest absolute Gasteiger partial charge is 0.545 e. The second-order valence-corrected chi connectivity index (χ2v) is 10.7. The van der Waals surface area contributed by atoms with Crippen molar-refractivity contribution in [1.29, 1.82) is 0 Å². The van der Waals surface area contributed by atoms with Crippen LogP contribution in [0.5, 0.6) is 0 Å². The van der Waals surface area contributed by atoms with Crippen LogP contribution in [-0.2, 0) is 16.8 Å². The fourth-order valence-corrected chi connectivity index (χ4v) is 6.11. The van der Waals surface area contributed by atoms with Crippen molar-refractivity contribution in [2.24, 2.45) is 0 Å². The second-order valence-electron chi connectivity index (χ2n) is 10.7. The van der Waals surface area contributed by atoms with Crippen molar-refractivity contribution in [3.63, 3.8) is 0 Å². The number of carbonyl (C=O) groups is 2. The Kier molecular flexibility index (Phi) is 6.22. The SMILES string of the molecule is O=C([O-])c1ccc2c3nc4nc(nc5[nH]c(nc6nc(nc([nH]3)c2c1C(=O)[O-])-c1ccccc1-6)c1ccccc51)-c1ccccc1-4.[Co+2]. The van der Waals surface area contributed by atoms with Crippen LogP contribution < -0.4 is 10.2 Å². The van der Waals surface area contributed by atoms with E-state index < -0.39 is 23.1 Å². The van der Waals surface area contributed by atoms with E-state index in [0.29, 0.717) is 45.5 Å². The number of benzene rings is 4. The molecule has 13 heteroatoms. The van der Waals surface area contributed by atoms with Gasteiger partial charge in [-0.1, -0.05) is 78.9 Å². The van der Waals surface area contributed by atoms with E-state index in [2.05, 4.69) is 9.97 Å². The Morgan fingerprint density at radius 1 is 0.468 bits per heavy atom. The largest absolute Gasteiger partial charge is 2.00 e. The average molecular weight is 659 g/mol. The van der Waals surface area contributed by atoms with Crippen LogP contribution in [0.2, 0.25) is 0 Å². The molecule has 0 atom stereocenters. The number of nitrogens with one attached hydrogen (secondary N) is 2.